The molecular formula is C82H137NO8P+. The third-order valence-corrected chi connectivity index (χ3v) is 16.2. The summed E-state index contributed by atoms with van der Waals surface area (Å²) in [6.07, 6.45) is 108. The number of phosphoric ester groups is 1. The second-order valence-electron chi connectivity index (χ2n) is 25.2. The largest absolute Gasteiger partial charge is 0.472 e. The molecule has 0 aliphatic heterocycles. The number of esters is 2. The van der Waals surface area contributed by atoms with Crippen molar-refractivity contribution in [1.29, 1.82) is 0 Å². The molecule has 0 spiro atoms. The van der Waals surface area contributed by atoms with Gasteiger partial charge in [0.1, 0.15) is 19.8 Å². The van der Waals surface area contributed by atoms with Crippen LogP contribution in [0, 0.1) is 0 Å². The number of rotatable bonds is 66. The zero-order valence-corrected chi connectivity index (χ0v) is 60.4. The maximum atomic E-state index is 12.9. The first kappa shape index (κ1) is 87.4. The maximum absolute atomic E-state index is 12.9. The molecule has 0 amide bonds. The van der Waals surface area contributed by atoms with Gasteiger partial charge in [-0.05, 0) is 122 Å². The lowest BCUT2D eigenvalue weighted by Crippen LogP contribution is -2.37. The van der Waals surface area contributed by atoms with Crippen molar-refractivity contribution in [1.82, 2.24) is 0 Å². The molecule has 9 nitrogen and oxygen atoms in total. The van der Waals surface area contributed by atoms with E-state index in [-0.39, 0.29) is 32.0 Å². The van der Waals surface area contributed by atoms with Gasteiger partial charge in [-0.15, -0.1) is 0 Å². The Morgan fingerprint density at radius 3 is 0.902 bits per heavy atom. The molecule has 0 heterocycles. The maximum Gasteiger partial charge on any atom is 0.472 e. The van der Waals surface area contributed by atoms with Crippen LogP contribution in [-0.2, 0) is 32.7 Å². The third kappa shape index (κ3) is 74.4. The molecule has 0 rings (SSSR count). The average Bonchev–Trinajstić information content (AvgIpc) is 2.14. The number of likely N-dealkylation sites (N-methyl/N-ethyl adjacent to an activating group) is 1. The zero-order chi connectivity index (χ0) is 66.9. The van der Waals surface area contributed by atoms with Gasteiger partial charge in [-0.1, -0.05) is 319 Å². The van der Waals surface area contributed by atoms with Crippen LogP contribution in [-0.4, -0.2) is 74.9 Å². The molecule has 2 atom stereocenters. The molecule has 10 heteroatoms. The molecule has 0 aromatic rings. The van der Waals surface area contributed by atoms with Gasteiger partial charge in [0.05, 0.1) is 27.7 Å². The van der Waals surface area contributed by atoms with E-state index in [1.165, 1.54) is 135 Å². The molecule has 0 aliphatic rings. The number of ether oxygens (including phenoxy) is 2. The van der Waals surface area contributed by atoms with Gasteiger partial charge >= 0.3 is 19.8 Å². The summed E-state index contributed by atoms with van der Waals surface area (Å²) in [5, 5.41) is 0. The Kier molecular flexibility index (Phi) is 67.1. The second-order valence-corrected chi connectivity index (χ2v) is 26.7. The van der Waals surface area contributed by atoms with Crippen molar-refractivity contribution >= 4 is 19.8 Å². The third-order valence-electron chi connectivity index (χ3n) is 15.2. The van der Waals surface area contributed by atoms with Gasteiger partial charge in [0.25, 0.3) is 0 Å². The highest BCUT2D eigenvalue weighted by molar-refractivity contribution is 7.47. The molecule has 522 valence electrons. The average molecular weight is 1300 g/mol. The summed E-state index contributed by atoms with van der Waals surface area (Å²) in [5.74, 6) is -0.870. The fraction of sp³-hybridized carbons (Fsp3) is 0.634. The molecule has 0 aromatic carbocycles. The molecule has 92 heavy (non-hydrogen) atoms. The van der Waals surface area contributed by atoms with Crippen molar-refractivity contribution in [3.05, 3.63) is 170 Å². The summed E-state index contributed by atoms with van der Waals surface area (Å²) in [6, 6.07) is 0. The van der Waals surface area contributed by atoms with E-state index in [4.69, 9.17) is 18.5 Å². The second kappa shape index (κ2) is 70.7. The molecule has 0 bridgehead atoms. The topological polar surface area (TPSA) is 108 Å². The lowest BCUT2D eigenvalue weighted by atomic mass is 10.0. The minimum absolute atomic E-state index is 0.0135. The lowest BCUT2D eigenvalue weighted by Gasteiger charge is -2.24. The summed E-state index contributed by atoms with van der Waals surface area (Å²) in [5.41, 5.74) is 0. The molecule has 0 saturated carbocycles. The van der Waals surface area contributed by atoms with Crippen LogP contribution in [0.15, 0.2) is 170 Å². The van der Waals surface area contributed by atoms with Crippen LogP contribution in [0.25, 0.3) is 0 Å². The van der Waals surface area contributed by atoms with Gasteiger partial charge in [-0.25, -0.2) is 4.57 Å². The first-order valence-corrected chi connectivity index (χ1v) is 38.4. The summed E-state index contributed by atoms with van der Waals surface area (Å²) in [4.78, 5) is 35.9. The quantitative estimate of drug-likeness (QED) is 0.0211. The minimum atomic E-state index is -4.42. The highest BCUT2D eigenvalue weighted by atomic mass is 31.2. The summed E-state index contributed by atoms with van der Waals surface area (Å²) >= 11 is 0. The van der Waals surface area contributed by atoms with Crippen LogP contribution in [0.4, 0.5) is 0 Å². The molecule has 0 fully saturated rings. The van der Waals surface area contributed by atoms with Gasteiger partial charge in [0.15, 0.2) is 6.10 Å². The standard InChI is InChI=1S/C82H136NO8P/c1-6-8-10-12-14-16-18-20-22-24-26-28-30-32-34-36-37-38-39-40-41-42-43-44-45-47-48-50-52-54-56-58-60-62-64-66-68-70-72-74-81(84)88-78-80(79-90-92(86,87)89-77-76-83(3,4)5)91-82(85)75-73-71-69-67-65-63-61-59-57-55-53-51-49-46-35-33-31-29-27-25-23-21-19-17-15-13-11-9-7-2/h8-11,14-17,20-23,26-29,32-35,49,51,55,57,61,63,67,69,80H,6-7,12-13,18-19,24-25,30-31,36-48,50,52-54,56,58-60,62,64-66,68,70-79H2,1-5H3/p+1/b10-8-,11-9-,16-14-,17-15-,22-20-,23-21-,28-26-,29-27-,34-32-,35-33-,51-49-,57-55-,63-61-,69-67-. The van der Waals surface area contributed by atoms with Crippen molar-refractivity contribution in [2.24, 2.45) is 0 Å². The molecule has 1 N–H and O–H groups in total. The van der Waals surface area contributed by atoms with Gasteiger partial charge in [-0.3, -0.25) is 18.6 Å². The Balaban J connectivity index is 4.08. The number of unbranched alkanes of at least 4 members (excludes halogenated alkanes) is 24. The predicted octanol–water partition coefficient (Wildman–Crippen LogP) is 24.5. The highest BCUT2D eigenvalue weighted by Gasteiger charge is 2.27. The Morgan fingerprint density at radius 2 is 0.598 bits per heavy atom. The van der Waals surface area contributed by atoms with E-state index in [0.717, 1.165) is 109 Å². The Hall–Kier alpha value is -4.63. The van der Waals surface area contributed by atoms with Crippen LogP contribution in [0.3, 0.4) is 0 Å². The Labute approximate surface area is 566 Å². The van der Waals surface area contributed by atoms with Gasteiger partial charge in [-0.2, -0.15) is 0 Å². The minimum Gasteiger partial charge on any atom is -0.462 e. The summed E-state index contributed by atoms with van der Waals surface area (Å²) in [7, 11) is 1.43. The number of hydrogen-bond donors (Lipinski definition) is 1. The van der Waals surface area contributed by atoms with E-state index in [2.05, 4.69) is 184 Å². The number of allylic oxidation sites excluding steroid dienone is 28. The smallest absolute Gasteiger partial charge is 0.462 e. The number of quaternary nitrogens is 1. The van der Waals surface area contributed by atoms with Gasteiger partial charge in [0, 0.05) is 12.8 Å². The molecular weight excluding hydrogens is 1160 g/mol. The van der Waals surface area contributed by atoms with Crippen molar-refractivity contribution in [3.8, 4) is 0 Å². The van der Waals surface area contributed by atoms with Crippen molar-refractivity contribution < 1.29 is 42.1 Å². The normalized spacial score (nSPS) is 14.1. The molecule has 0 aromatic heterocycles. The first-order valence-electron chi connectivity index (χ1n) is 36.9. The van der Waals surface area contributed by atoms with Crippen LogP contribution >= 0.6 is 7.82 Å². The van der Waals surface area contributed by atoms with Crippen LogP contribution in [0.1, 0.15) is 284 Å². The van der Waals surface area contributed by atoms with E-state index >= 15 is 0 Å². The Bertz CT molecular complexity index is 2160. The SMILES string of the molecule is CC/C=C\C/C=C\C/C=C\C/C=C\C/C=C\C/C=C\C/C=C\C/C=C\C/C=C\CCCC(=O)OC(COC(=O)CCCCCCCCCCCCCCCCCCCCCCCCC/C=C\C/C=C\C/C=C\C/C=C\C/C=C\CC)COP(=O)(O)OCC[N+](C)(C)C. The van der Waals surface area contributed by atoms with E-state index in [1.54, 1.807) is 0 Å². The number of carbonyl (C=O) groups is 2. The predicted molar refractivity (Wildman–Crippen MR) is 399 cm³/mol. The van der Waals surface area contributed by atoms with Crippen molar-refractivity contribution in [2.75, 3.05) is 47.5 Å². The number of carbonyl (C=O) groups excluding carboxylic acids is 2. The molecule has 0 radical (unpaired) electrons. The number of hydrogen-bond acceptors (Lipinski definition) is 7. The Morgan fingerprint density at radius 1 is 0.337 bits per heavy atom. The highest BCUT2D eigenvalue weighted by Crippen LogP contribution is 2.43. The summed E-state index contributed by atoms with van der Waals surface area (Å²) < 4.78 is 34.7. The van der Waals surface area contributed by atoms with Crippen molar-refractivity contribution in [2.45, 2.75) is 290 Å². The fourth-order valence-electron chi connectivity index (χ4n) is 9.69. The lowest BCUT2D eigenvalue weighted by molar-refractivity contribution is -0.870. The van der Waals surface area contributed by atoms with E-state index < -0.39 is 26.5 Å². The number of nitrogens with zero attached hydrogens (tertiary/aromatic N) is 1. The van der Waals surface area contributed by atoms with Gasteiger partial charge < -0.3 is 18.9 Å². The number of phosphoric acid groups is 1. The van der Waals surface area contributed by atoms with Crippen LogP contribution in [0.2, 0.25) is 0 Å². The van der Waals surface area contributed by atoms with E-state index in [9.17, 15) is 19.0 Å². The van der Waals surface area contributed by atoms with E-state index in [0.29, 0.717) is 23.9 Å². The van der Waals surface area contributed by atoms with Gasteiger partial charge in [0.2, 0.25) is 0 Å². The summed E-state index contributed by atoms with van der Waals surface area (Å²) in [6.45, 7) is 4.14. The molecule has 0 saturated heterocycles. The first-order chi connectivity index (χ1) is 45.0. The van der Waals surface area contributed by atoms with Crippen molar-refractivity contribution in [3.63, 3.8) is 0 Å². The monoisotopic (exact) mass is 1300 g/mol. The molecule has 2 unspecified atom stereocenters. The zero-order valence-electron chi connectivity index (χ0n) is 59.5. The van der Waals surface area contributed by atoms with E-state index in [1.807, 2.05) is 21.1 Å². The molecule has 0 aliphatic carbocycles. The van der Waals surface area contributed by atoms with Crippen LogP contribution in [0.5, 0.6) is 0 Å². The fourth-order valence-corrected chi connectivity index (χ4v) is 10.4. The van der Waals surface area contributed by atoms with Crippen LogP contribution < -0.4 is 0 Å².